The third-order valence-electron chi connectivity index (χ3n) is 2.82. The molecular formula is C14H17NO2. The van der Waals surface area contributed by atoms with E-state index in [4.69, 9.17) is 4.42 Å². The molecule has 3 nitrogen and oxygen atoms in total. The van der Waals surface area contributed by atoms with Crippen LogP contribution in [0.3, 0.4) is 0 Å². The monoisotopic (exact) mass is 231 g/mol. The average Bonchev–Trinajstić information content (AvgIpc) is 2.82. The minimum absolute atomic E-state index is 0.414. The Bertz CT molecular complexity index is 446. The fourth-order valence-corrected chi connectivity index (χ4v) is 1.76. The number of aliphatic hydroxyl groups excluding tert-OH is 1. The average molecular weight is 231 g/mol. The van der Waals surface area contributed by atoms with Gasteiger partial charge in [-0.2, -0.15) is 0 Å². The first-order valence-electron chi connectivity index (χ1n) is 5.67. The number of hydrogen-bond donors (Lipinski definition) is 1. The highest BCUT2D eigenvalue weighted by molar-refractivity contribution is 5.47. The van der Waals surface area contributed by atoms with E-state index in [0.717, 1.165) is 23.4 Å². The van der Waals surface area contributed by atoms with Gasteiger partial charge in [-0.25, -0.2) is 0 Å². The quantitative estimate of drug-likeness (QED) is 0.878. The number of anilines is 1. The summed E-state index contributed by atoms with van der Waals surface area (Å²) in [6.45, 7) is 2.58. The van der Waals surface area contributed by atoms with Crippen LogP contribution in [-0.4, -0.2) is 12.2 Å². The number of rotatable bonds is 4. The molecule has 1 heterocycles. The van der Waals surface area contributed by atoms with Gasteiger partial charge in [0, 0.05) is 24.8 Å². The molecule has 0 fully saturated rings. The van der Waals surface area contributed by atoms with E-state index < -0.39 is 6.10 Å². The highest BCUT2D eigenvalue weighted by Gasteiger charge is 2.05. The van der Waals surface area contributed by atoms with Crippen LogP contribution in [0.15, 0.2) is 47.3 Å². The largest absolute Gasteiger partial charge is 0.472 e. The topological polar surface area (TPSA) is 36.6 Å². The molecule has 17 heavy (non-hydrogen) atoms. The van der Waals surface area contributed by atoms with Crippen molar-refractivity contribution in [1.82, 2.24) is 0 Å². The zero-order chi connectivity index (χ0) is 12.3. The van der Waals surface area contributed by atoms with Crippen LogP contribution >= 0.6 is 0 Å². The van der Waals surface area contributed by atoms with Gasteiger partial charge in [-0.3, -0.25) is 0 Å². The van der Waals surface area contributed by atoms with E-state index in [2.05, 4.69) is 4.90 Å². The predicted octanol–water partition coefficient (Wildman–Crippen LogP) is 2.97. The summed E-state index contributed by atoms with van der Waals surface area (Å²) < 4.78 is 5.04. The molecular weight excluding hydrogens is 214 g/mol. The molecule has 0 spiro atoms. The van der Waals surface area contributed by atoms with Crippen molar-refractivity contribution in [1.29, 1.82) is 0 Å². The molecule has 90 valence electrons. The van der Waals surface area contributed by atoms with Gasteiger partial charge < -0.3 is 14.4 Å². The summed E-state index contributed by atoms with van der Waals surface area (Å²) in [5, 5.41) is 9.43. The zero-order valence-electron chi connectivity index (χ0n) is 10.1. The molecule has 0 saturated carbocycles. The Kier molecular flexibility index (Phi) is 3.49. The number of furan rings is 1. The van der Waals surface area contributed by atoms with Crippen molar-refractivity contribution in [3.05, 3.63) is 54.0 Å². The van der Waals surface area contributed by atoms with Crippen molar-refractivity contribution in [3.8, 4) is 0 Å². The lowest BCUT2D eigenvalue weighted by Gasteiger charge is -2.19. The number of benzene rings is 1. The highest BCUT2D eigenvalue weighted by atomic mass is 16.3. The maximum Gasteiger partial charge on any atom is 0.0952 e. The Hall–Kier alpha value is -1.74. The molecule has 2 rings (SSSR count). The lowest BCUT2D eigenvalue weighted by atomic mass is 10.1. The molecule has 0 bridgehead atoms. The fourth-order valence-electron chi connectivity index (χ4n) is 1.76. The molecule has 0 radical (unpaired) electrons. The second kappa shape index (κ2) is 5.06. The second-order valence-electron chi connectivity index (χ2n) is 4.26. The van der Waals surface area contributed by atoms with Gasteiger partial charge in [0.2, 0.25) is 0 Å². The lowest BCUT2D eigenvalue weighted by molar-refractivity contribution is 0.199. The van der Waals surface area contributed by atoms with Crippen LogP contribution < -0.4 is 4.90 Å². The van der Waals surface area contributed by atoms with Crippen LogP contribution in [-0.2, 0) is 6.54 Å². The fraction of sp³-hybridized carbons (Fsp3) is 0.286. The SMILES string of the molecule is C[C@H](O)c1ccc(N(C)Cc2ccoc2)cc1. The molecule has 0 saturated heterocycles. The molecule has 3 heteroatoms. The van der Waals surface area contributed by atoms with Crippen molar-refractivity contribution in [2.75, 3.05) is 11.9 Å². The third kappa shape index (κ3) is 2.88. The van der Waals surface area contributed by atoms with Gasteiger partial charge in [0.1, 0.15) is 0 Å². The number of nitrogens with zero attached hydrogens (tertiary/aromatic N) is 1. The Balaban J connectivity index is 2.06. The van der Waals surface area contributed by atoms with Crippen LogP contribution in [0.1, 0.15) is 24.2 Å². The summed E-state index contributed by atoms with van der Waals surface area (Å²) in [5.41, 5.74) is 3.20. The molecule has 1 aromatic carbocycles. The summed E-state index contributed by atoms with van der Waals surface area (Å²) in [4.78, 5) is 2.14. The standard InChI is InChI=1S/C14H17NO2/c1-11(16)13-3-5-14(6-4-13)15(2)9-12-7-8-17-10-12/h3-8,10-11,16H,9H2,1-2H3/t11-/m0/s1. The first kappa shape index (κ1) is 11.7. The van der Waals surface area contributed by atoms with E-state index in [-0.39, 0.29) is 0 Å². The van der Waals surface area contributed by atoms with Crippen molar-refractivity contribution in [3.63, 3.8) is 0 Å². The molecule has 0 aliphatic rings. The predicted molar refractivity (Wildman–Crippen MR) is 67.9 cm³/mol. The van der Waals surface area contributed by atoms with Crippen LogP contribution in [0.5, 0.6) is 0 Å². The van der Waals surface area contributed by atoms with E-state index >= 15 is 0 Å². The molecule has 0 unspecified atom stereocenters. The second-order valence-corrected chi connectivity index (χ2v) is 4.26. The Morgan fingerprint density at radius 1 is 1.24 bits per heavy atom. The van der Waals surface area contributed by atoms with Crippen molar-refractivity contribution in [2.45, 2.75) is 19.6 Å². The summed E-state index contributed by atoms with van der Waals surface area (Å²) in [7, 11) is 2.03. The third-order valence-corrected chi connectivity index (χ3v) is 2.82. The summed E-state index contributed by atoms with van der Waals surface area (Å²) in [6.07, 6.45) is 3.02. The summed E-state index contributed by atoms with van der Waals surface area (Å²) in [5.74, 6) is 0. The Morgan fingerprint density at radius 2 is 1.94 bits per heavy atom. The van der Waals surface area contributed by atoms with E-state index in [1.165, 1.54) is 0 Å². The van der Waals surface area contributed by atoms with Gasteiger partial charge in [-0.05, 0) is 30.7 Å². The normalized spacial score (nSPS) is 12.4. The minimum Gasteiger partial charge on any atom is -0.472 e. The van der Waals surface area contributed by atoms with Gasteiger partial charge in [0.25, 0.3) is 0 Å². The first-order valence-corrected chi connectivity index (χ1v) is 5.67. The zero-order valence-corrected chi connectivity index (χ0v) is 10.1. The van der Waals surface area contributed by atoms with E-state index in [0.29, 0.717) is 0 Å². The summed E-state index contributed by atoms with van der Waals surface area (Å²) >= 11 is 0. The van der Waals surface area contributed by atoms with Crippen LogP contribution in [0, 0.1) is 0 Å². The number of aliphatic hydroxyl groups is 1. The Labute approximate surface area is 101 Å². The number of hydrogen-bond acceptors (Lipinski definition) is 3. The Morgan fingerprint density at radius 3 is 2.47 bits per heavy atom. The molecule has 1 N–H and O–H groups in total. The molecule has 0 amide bonds. The van der Waals surface area contributed by atoms with E-state index in [1.807, 2.05) is 37.4 Å². The van der Waals surface area contributed by atoms with Gasteiger partial charge in [-0.1, -0.05) is 12.1 Å². The van der Waals surface area contributed by atoms with Gasteiger partial charge in [0.05, 0.1) is 18.6 Å². The maximum atomic E-state index is 9.43. The molecule has 1 atom stereocenters. The van der Waals surface area contributed by atoms with Crippen LogP contribution in [0.4, 0.5) is 5.69 Å². The van der Waals surface area contributed by atoms with Crippen molar-refractivity contribution in [2.24, 2.45) is 0 Å². The van der Waals surface area contributed by atoms with Crippen LogP contribution in [0.25, 0.3) is 0 Å². The van der Waals surface area contributed by atoms with E-state index in [9.17, 15) is 5.11 Å². The summed E-state index contributed by atoms with van der Waals surface area (Å²) in [6, 6.07) is 9.89. The highest BCUT2D eigenvalue weighted by Crippen LogP contribution is 2.19. The van der Waals surface area contributed by atoms with Crippen molar-refractivity contribution < 1.29 is 9.52 Å². The van der Waals surface area contributed by atoms with E-state index in [1.54, 1.807) is 19.5 Å². The molecule has 2 aromatic rings. The first-order chi connectivity index (χ1) is 8.16. The van der Waals surface area contributed by atoms with Gasteiger partial charge >= 0.3 is 0 Å². The van der Waals surface area contributed by atoms with Gasteiger partial charge in [0.15, 0.2) is 0 Å². The van der Waals surface area contributed by atoms with Gasteiger partial charge in [-0.15, -0.1) is 0 Å². The molecule has 1 aromatic heterocycles. The molecule has 0 aliphatic heterocycles. The van der Waals surface area contributed by atoms with Crippen molar-refractivity contribution >= 4 is 5.69 Å². The van der Waals surface area contributed by atoms with Crippen LogP contribution in [0.2, 0.25) is 0 Å². The minimum atomic E-state index is -0.414. The smallest absolute Gasteiger partial charge is 0.0952 e. The lowest BCUT2D eigenvalue weighted by Crippen LogP contribution is -2.15. The molecule has 0 aliphatic carbocycles. The maximum absolute atomic E-state index is 9.43.